The standard InChI is InChI=1S/C14H23NO4/c1-7-9-11(12(16)18-10(3)8-2)15-13(17)19-14(4,5)6/h1,10-11H,8-9H2,2-6H3,(H,15,17). The van der Waals surface area contributed by atoms with Crippen molar-refractivity contribution < 1.29 is 19.1 Å². The second kappa shape index (κ2) is 7.67. The molecule has 0 fully saturated rings. The van der Waals surface area contributed by atoms with E-state index in [0.717, 1.165) is 0 Å². The van der Waals surface area contributed by atoms with Gasteiger partial charge < -0.3 is 14.8 Å². The van der Waals surface area contributed by atoms with Crippen LogP contribution in [0.25, 0.3) is 0 Å². The Bertz CT molecular complexity index is 351. The topological polar surface area (TPSA) is 64.6 Å². The van der Waals surface area contributed by atoms with Crippen LogP contribution in [0, 0.1) is 12.3 Å². The number of ether oxygens (including phenoxy) is 2. The van der Waals surface area contributed by atoms with Crippen molar-refractivity contribution in [2.75, 3.05) is 0 Å². The fraction of sp³-hybridized carbons (Fsp3) is 0.714. The normalized spacial score (nSPS) is 13.9. The van der Waals surface area contributed by atoms with Gasteiger partial charge in [0, 0.05) is 6.42 Å². The highest BCUT2D eigenvalue weighted by molar-refractivity contribution is 5.81. The molecule has 0 saturated carbocycles. The summed E-state index contributed by atoms with van der Waals surface area (Å²) < 4.78 is 10.2. The summed E-state index contributed by atoms with van der Waals surface area (Å²) in [4.78, 5) is 23.4. The predicted octanol–water partition coefficient (Wildman–Crippen LogP) is 2.24. The zero-order valence-corrected chi connectivity index (χ0v) is 12.3. The summed E-state index contributed by atoms with van der Waals surface area (Å²) in [5.41, 5.74) is -0.634. The Morgan fingerprint density at radius 1 is 1.37 bits per heavy atom. The highest BCUT2D eigenvalue weighted by Crippen LogP contribution is 2.08. The lowest BCUT2D eigenvalue weighted by molar-refractivity contribution is -0.150. The number of carbonyl (C=O) groups is 2. The van der Waals surface area contributed by atoms with Crippen molar-refractivity contribution in [2.45, 2.75) is 65.2 Å². The largest absolute Gasteiger partial charge is 0.461 e. The number of amides is 1. The van der Waals surface area contributed by atoms with Crippen LogP contribution in [0.15, 0.2) is 0 Å². The molecule has 2 unspecified atom stereocenters. The summed E-state index contributed by atoms with van der Waals surface area (Å²) in [5.74, 6) is 1.79. The summed E-state index contributed by atoms with van der Waals surface area (Å²) in [5, 5.41) is 2.43. The van der Waals surface area contributed by atoms with Crippen molar-refractivity contribution in [1.82, 2.24) is 5.32 Å². The molecule has 5 heteroatoms. The molecule has 0 aromatic rings. The Balaban J connectivity index is 4.53. The average molecular weight is 269 g/mol. The van der Waals surface area contributed by atoms with Gasteiger partial charge in [0.25, 0.3) is 0 Å². The molecule has 19 heavy (non-hydrogen) atoms. The van der Waals surface area contributed by atoms with Gasteiger partial charge in [0.1, 0.15) is 11.6 Å². The average Bonchev–Trinajstić information content (AvgIpc) is 2.25. The van der Waals surface area contributed by atoms with Gasteiger partial charge >= 0.3 is 12.1 Å². The molecule has 0 aliphatic carbocycles. The predicted molar refractivity (Wildman–Crippen MR) is 72.5 cm³/mol. The Kier molecular flexibility index (Phi) is 6.99. The van der Waals surface area contributed by atoms with E-state index in [1.807, 2.05) is 6.92 Å². The van der Waals surface area contributed by atoms with Gasteiger partial charge in [-0.15, -0.1) is 12.3 Å². The van der Waals surface area contributed by atoms with Gasteiger partial charge in [-0.25, -0.2) is 9.59 Å². The maximum absolute atomic E-state index is 11.8. The molecule has 0 aliphatic heterocycles. The van der Waals surface area contributed by atoms with Crippen LogP contribution in [0.2, 0.25) is 0 Å². The van der Waals surface area contributed by atoms with Crippen LogP contribution in [0.3, 0.4) is 0 Å². The van der Waals surface area contributed by atoms with Gasteiger partial charge in [0.05, 0.1) is 6.10 Å². The second-order valence-electron chi connectivity index (χ2n) is 5.26. The molecule has 0 saturated heterocycles. The molecule has 1 amide bonds. The van der Waals surface area contributed by atoms with Crippen molar-refractivity contribution >= 4 is 12.1 Å². The van der Waals surface area contributed by atoms with E-state index in [9.17, 15) is 9.59 Å². The van der Waals surface area contributed by atoms with Crippen LogP contribution < -0.4 is 5.32 Å². The zero-order chi connectivity index (χ0) is 15.1. The summed E-state index contributed by atoms with van der Waals surface area (Å²) in [6.07, 6.45) is 5.04. The number of rotatable bonds is 5. The van der Waals surface area contributed by atoms with Gasteiger partial charge in [0.2, 0.25) is 0 Å². The van der Waals surface area contributed by atoms with Gasteiger partial charge in [-0.3, -0.25) is 0 Å². The first-order valence-electron chi connectivity index (χ1n) is 6.33. The molecular formula is C14H23NO4. The van der Waals surface area contributed by atoms with E-state index in [-0.39, 0.29) is 12.5 Å². The monoisotopic (exact) mass is 269 g/mol. The van der Waals surface area contributed by atoms with Crippen molar-refractivity contribution in [3.05, 3.63) is 0 Å². The summed E-state index contributed by atoms with van der Waals surface area (Å²) in [7, 11) is 0. The van der Waals surface area contributed by atoms with E-state index >= 15 is 0 Å². The van der Waals surface area contributed by atoms with Crippen molar-refractivity contribution in [1.29, 1.82) is 0 Å². The first kappa shape index (κ1) is 17.3. The minimum Gasteiger partial charge on any atom is -0.461 e. The van der Waals surface area contributed by atoms with Crippen molar-refractivity contribution in [3.63, 3.8) is 0 Å². The van der Waals surface area contributed by atoms with Gasteiger partial charge in [-0.2, -0.15) is 0 Å². The number of alkyl carbamates (subject to hydrolysis) is 1. The Morgan fingerprint density at radius 3 is 2.37 bits per heavy atom. The van der Waals surface area contributed by atoms with E-state index in [4.69, 9.17) is 15.9 Å². The van der Waals surface area contributed by atoms with E-state index in [1.165, 1.54) is 0 Å². The SMILES string of the molecule is C#CCC(NC(=O)OC(C)(C)C)C(=O)OC(C)CC. The Hall–Kier alpha value is -1.70. The van der Waals surface area contributed by atoms with E-state index in [1.54, 1.807) is 27.7 Å². The van der Waals surface area contributed by atoms with Crippen molar-refractivity contribution in [2.24, 2.45) is 0 Å². The van der Waals surface area contributed by atoms with Crippen LogP contribution in [-0.2, 0) is 14.3 Å². The quantitative estimate of drug-likeness (QED) is 0.614. The summed E-state index contributed by atoms with van der Waals surface area (Å²) in [6.45, 7) is 8.88. The third-order valence-electron chi connectivity index (χ3n) is 2.19. The van der Waals surface area contributed by atoms with E-state index < -0.39 is 23.7 Å². The third-order valence-corrected chi connectivity index (χ3v) is 2.19. The molecule has 5 nitrogen and oxygen atoms in total. The lowest BCUT2D eigenvalue weighted by atomic mass is 10.2. The number of esters is 1. The van der Waals surface area contributed by atoms with Crippen LogP contribution >= 0.6 is 0 Å². The van der Waals surface area contributed by atoms with E-state index in [0.29, 0.717) is 6.42 Å². The van der Waals surface area contributed by atoms with Crippen LogP contribution in [0.5, 0.6) is 0 Å². The fourth-order valence-electron chi connectivity index (χ4n) is 1.12. The zero-order valence-electron chi connectivity index (χ0n) is 12.3. The molecule has 0 radical (unpaired) electrons. The summed E-state index contributed by atoms with van der Waals surface area (Å²) in [6, 6.07) is -0.881. The van der Waals surface area contributed by atoms with Crippen LogP contribution in [0.4, 0.5) is 4.79 Å². The molecule has 0 aromatic carbocycles. The molecular weight excluding hydrogens is 246 g/mol. The highest BCUT2D eigenvalue weighted by atomic mass is 16.6. The van der Waals surface area contributed by atoms with Crippen LogP contribution in [-0.4, -0.2) is 29.8 Å². The molecule has 0 spiro atoms. The molecule has 0 aromatic heterocycles. The molecule has 0 aliphatic rings. The van der Waals surface area contributed by atoms with Crippen molar-refractivity contribution in [3.8, 4) is 12.3 Å². The minimum absolute atomic E-state index is 0.0640. The lowest BCUT2D eigenvalue weighted by Crippen LogP contribution is -2.44. The number of carbonyl (C=O) groups excluding carboxylic acids is 2. The first-order chi connectivity index (χ1) is 8.69. The summed E-state index contributed by atoms with van der Waals surface area (Å²) >= 11 is 0. The number of nitrogens with one attached hydrogen (secondary N) is 1. The Labute approximate surface area is 115 Å². The molecule has 1 N–H and O–H groups in total. The molecule has 0 rings (SSSR count). The van der Waals surface area contributed by atoms with Gasteiger partial charge in [-0.1, -0.05) is 6.92 Å². The molecule has 2 atom stereocenters. The lowest BCUT2D eigenvalue weighted by Gasteiger charge is -2.23. The van der Waals surface area contributed by atoms with Gasteiger partial charge in [-0.05, 0) is 34.1 Å². The maximum Gasteiger partial charge on any atom is 0.408 e. The third kappa shape index (κ3) is 8.09. The number of hydrogen-bond donors (Lipinski definition) is 1. The smallest absolute Gasteiger partial charge is 0.408 e. The number of terminal acetylenes is 1. The fourth-order valence-corrected chi connectivity index (χ4v) is 1.12. The molecule has 108 valence electrons. The number of hydrogen-bond acceptors (Lipinski definition) is 4. The van der Waals surface area contributed by atoms with Gasteiger partial charge in [0.15, 0.2) is 0 Å². The van der Waals surface area contributed by atoms with E-state index in [2.05, 4.69) is 11.2 Å². The minimum atomic E-state index is -0.881. The van der Waals surface area contributed by atoms with Crippen LogP contribution in [0.1, 0.15) is 47.5 Å². The molecule has 0 heterocycles. The second-order valence-corrected chi connectivity index (χ2v) is 5.26. The maximum atomic E-state index is 11.8. The molecule has 0 bridgehead atoms. The Morgan fingerprint density at radius 2 is 1.95 bits per heavy atom. The highest BCUT2D eigenvalue weighted by Gasteiger charge is 2.25. The first-order valence-corrected chi connectivity index (χ1v) is 6.33.